The summed E-state index contributed by atoms with van der Waals surface area (Å²) in [5.41, 5.74) is 3.13. The topological polar surface area (TPSA) is 57.7 Å². The van der Waals surface area contributed by atoms with Crippen molar-refractivity contribution in [1.82, 2.24) is 4.90 Å². The molecule has 154 valence electrons. The van der Waals surface area contributed by atoms with Crippen molar-refractivity contribution in [3.05, 3.63) is 64.2 Å². The Kier molecular flexibility index (Phi) is 4.56. The maximum atomic E-state index is 13.6. The molecule has 30 heavy (non-hydrogen) atoms. The first-order valence-corrected chi connectivity index (χ1v) is 10.8. The van der Waals surface area contributed by atoms with Crippen molar-refractivity contribution in [2.75, 3.05) is 11.4 Å². The van der Waals surface area contributed by atoms with Crippen molar-refractivity contribution >= 4 is 34.9 Å². The number of hydrogen-bond donors (Lipinski definition) is 0. The average Bonchev–Trinajstić information content (AvgIpc) is 3.35. The lowest BCUT2D eigenvalue weighted by molar-refractivity contribution is -0.123. The molecular weight excluding hydrogens is 400 g/mol. The third kappa shape index (κ3) is 2.76. The number of carbonyl (C=O) groups excluding carboxylic acids is 3. The second kappa shape index (κ2) is 7.03. The SMILES string of the molecule is Cc1ccc(N2C(=O)[C@@H]3[C@@H](C2=O)[C@@H]2CCCN2[C@@H]3C(=O)c2ccc(Cl)cc2)c(C)c1. The molecule has 0 spiro atoms. The zero-order chi connectivity index (χ0) is 21.2. The van der Waals surface area contributed by atoms with Crippen molar-refractivity contribution in [1.29, 1.82) is 0 Å². The van der Waals surface area contributed by atoms with Crippen LogP contribution in [0.25, 0.3) is 0 Å². The Labute approximate surface area is 180 Å². The van der Waals surface area contributed by atoms with Gasteiger partial charge in [-0.1, -0.05) is 29.3 Å². The molecule has 0 aromatic heterocycles. The van der Waals surface area contributed by atoms with E-state index in [1.807, 2.05) is 32.0 Å². The zero-order valence-electron chi connectivity index (χ0n) is 17.0. The van der Waals surface area contributed by atoms with Gasteiger partial charge in [-0.3, -0.25) is 19.3 Å². The van der Waals surface area contributed by atoms with Crippen LogP contribution in [0.3, 0.4) is 0 Å². The van der Waals surface area contributed by atoms with Crippen LogP contribution in [0.4, 0.5) is 5.69 Å². The highest BCUT2D eigenvalue weighted by Gasteiger charge is 2.64. The number of halogens is 1. The summed E-state index contributed by atoms with van der Waals surface area (Å²) in [7, 11) is 0. The van der Waals surface area contributed by atoms with Gasteiger partial charge in [0.2, 0.25) is 11.8 Å². The summed E-state index contributed by atoms with van der Waals surface area (Å²) in [6.45, 7) is 4.64. The Morgan fingerprint density at radius 3 is 2.40 bits per heavy atom. The molecule has 3 aliphatic heterocycles. The molecule has 3 aliphatic rings. The molecule has 4 atom stereocenters. The first-order chi connectivity index (χ1) is 14.4. The van der Waals surface area contributed by atoms with Crippen molar-refractivity contribution in [2.24, 2.45) is 11.8 Å². The molecule has 0 aliphatic carbocycles. The number of hydrogen-bond acceptors (Lipinski definition) is 4. The summed E-state index contributed by atoms with van der Waals surface area (Å²) in [6.07, 6.45) is 1.77. The van der Waals surface area contributed by atoms with E-state index in [9.17, 15) is 14.4 Å². The largest absolute Gasteiger partial charge is 0.292 e. The van der Waals surface area contributed by atoms with E-state index in [0.717, 1.165) is 30.5 Å². The summed E-state index contributed by atoms with van der Waals surface area (Å²) in [5.74, 6) is -1.61. The van der Waals surface area contributed by atoms with E-state index in [0.29, 0.717) is 16.3 Å². The van der Waals surface area contributed by atoms with E-state index in [4.69, 9.17) is 11.6 Å². The van der Waals surface area contributed by atoms with Crippen LogP contribution in [0.15, 0.2) is 42.5 Å². The molecule has 0 bridgehead atoms. The molecule has 5 rings (SSSR count). The maximum Gasteiger partial charge on any atom is 0.239 e. The average molecular weight is 423 g/mol. The van der Waals surface area contributed by atoms with Crippen LogP contribution in [-0.2, 0) is 9.59 Å². The third-order valence-corrected chi connectivity index (χ3v) is 7.09. The van der Waals surface area contributed by atoms with Crippen molar-refractivity contribution < 1.29 is 14.4 Å². The second-order valence-corrected chi connectivity index (χ2v) is 9.05. The Morgan fingerprint density at radius 1 is 1.00 bits per heavy atom. The highest BCUT2D eigenvalue weighted by molar-refractivity contribution is 6.30. The number of Topliss-reactive ketones (excluding diaryl/α,β-unsaturated/α-hetero) is 1. The van der Waals surface area contributed by atoms with Crippen LogP contribution < -0.4 is 4.90 Å². The Hall–Kier alpha value is -2.50. The number of carbonyl (C=O) groups is 3. The molecule has 3 fully saturated rings. The fourth-order valence-corrected chi connectivity index (χ4v) is 5.72. The Morgan fingerprint density at radius 2 is 1.70 bits per heavy atom. The van der Waals surface area contributed by atoms with Gasteiger partial charge < -0.3 is 0 Å². The van der Waals surface area contributed by atoms with Crippen molar-refractivity contribution in [3.63, 3.8) is 0 Å². The summed E-state index contributed by atoms with van der Waals surface area (Å²) in [6, 6.07) is 11.8. The van der Waals surface area contributed by atoms with Crippen molar-refractivity contribution in [3.8, 4) is 0 Å². The molecule has 2 amide bonds. The fourth-order valence-electron chi connectivity index (χ4n) is 5.59. The van der Waals surface area contributed by atoms with Crippen molar-refractivity contribution in [2.45, 2.75) is 38.8 Å². The molecule has 0 N–H and O–H groups in total. The number of aryl methyl sites for hydroxylation is 2. The number of anilines is 1. The van der Waals surface area contributed by atoms with Crippen LogP contribution in [0, 0.1) is 25.7 Å². The standard InChI is InChI=1S/C24H23ClN2O3/c1-13-5-10-17(14(2)12-13)27-23(29)19-18-4-3-11-26(18)21(20(19)24(27)30)22(28)15-6-8-16(25)9-7-15/h5-10,12,18-21H,3-4,11H2,1-2H3/t18-,19-,20+,21-/m0/s1. The fraction of sp³-hybridized carbons (Fsp3) is 0.375. The van der Waals surface area contributed by atoms with Gasteiger partial charge in [0.05, 0.1) is 23.6 Å². The maximum absolute atomic E-state index is 13.6. The number of nitrogens with zero attached hydrogens (tertiary/aromatic N) is 2. The smallest absolute Gasteiger partial charge is 0.239 e. The van der Waals surface area contributed by atoms with Crippen LogP contribution in [0.2, 0.25) is 5.02 Å². The first kappa shape index (κ1) is 19.5. The van der Waals surface area contributed by atoms with E-state index in [2.05, 4.69) is 4.90 Å². The highest BCUT2D eigenvalue weighted by atomic mass is 35.5. The summed E-state index contributed by atoms with van der Waals surface area (Å²) >= 11 is 5.98. The number of imide groups is 1. The number of fused-ring (bicyclic) bond motifs is 3. The molecular formula is C24H23ClN2O3. The van der Waals surface area contributed by atoms with E-state index in [-0.39, 0.29) is 23.6 Å². The van der Waals surface area contributed by atoms with E-state index in [1.165, 1.54) is 4.90 Å². The third-order valence-electron chi connectivity index (χ3n) is 6.84. The number of rotatable bonds is 3. The van der Waals surface area contributed by atoms with Crippen LogP contribution in [0.5, 0.6) is 0 Å². The lowest BCUT2D eigenvalue weighted by Gasteiger charge is -2.28. The lowest BCUT2D eigenvalue weighted by atomic mass is 9.85. The minimum atomic E-state index is -0.633. The quantitative estimate of drug-likeness (QED) is 0.557. The molecule has 5 nitrogen and oxygen atoms in total. The highest BCUT2D eigenvalue weighted by Crippen LogP contribution is 2.48. The Bertz CT molecular complexity index is 1060. The number of amides is 2. The predicted molar refractivity (Wildman–Crippen MR) is 115 cm³/mol. The summed E-state index contributed by atoms with van der Waals surface area (Å²) in [5, 5.41) is 0.558. The normalized spacial score (nSPS) is 28.2. The number of benzene rings is 2. The summed E-state index contributed by atoms with van der Waals surface area (Å²) < 4.78 is 0. The van der Waals surface area contributed by atoms with Crippen LogP contribution in [-0.4, -0.2) is 41.1 Å². The molecule has 2 aromatic rings. The second-order valence-electron chi connectivity index (χ2n) is 8.62. The van der Waals surface area contributed by atoms with Gasteiger partial charge in [0, 0.05) is 16.6 Å². The molecule has 3 heterocycles. The molecule has 2 aromatic carbocycles. The van der Waals surface area contributed by atoms with Gasteiger partial charge in [0.25, 0.3) is 0 Å². The molecule has 0 unspecified atom stereocenters. The number of ketones is 1. The Balaban J connectivity index is 1.56. The first-order valence-electron chi connectivity index (χ1n) is 10.4. The minimum absolute atomic E-state index is 0.0524. The van der Waals surface area contributed by atoms with E-state index in [1.54, 1.807) is 24.3 Å². The van der Waals surface area contributed by atoms with Gasteiger partial charge in [-0.2, -0.15) is 0 Å². The van der Waals surface area contributed by atoms with E-state index < -0.39 is 17.9 Å². The summed E-state index contributed by atoms with van der Waals surface area (Å²) in [4.78, 5) is 44.0. The minimum Gasteiger partial charge on any atom is -0.292 e. The van der Waals surface area contributed by atoms with Gasteiger partial charge >= 0.3 is 0 Å². The van der Waals surface area contributed by atoms with Gasteiger partial charge in [0.1, 0.15) is 0 Å². The zero-order valence-corrected chi connectivity index (χ0v) is 17.7. The van der Waals surface area contributed by atoms with Gasteiger partial charge in [-0.15, -0.1) is 0 Å². The molecule has 0 saturated carbocycles. The lowest BCUT2D eigenvalue weighted by Crippen LogP contribution is -2.46. The van der Waals surface area contributed by atoms with Gasteiger partial charge in [-0.05, 0) is 69.1 Å². The predicted octanol–water partition coefficient (Wildman–Crippen LogP) is 3.79. The monoisotopic (exact) mass is 422 g/mol. The van der Waals surface area contributed by atoms with Crippen LogP contribution in [0.1, 0.15) is 34.3 Å². The van der Waals surface area contributed by atoms with Gasteiger partial charge in [-0.25, -0.2) is 4.90 Å². The van der Waals surface area contributed by atoms with Crippen LogP contribution >= 0.6 is 11.6 Å². The molecule has 3 saturated heterocycles. The molecule has 0 radical (unpaired) electrons. The van der Waals surface area contributed by atoms with Gasteiger partial charge in [0.15, 0.2) is 5.78 Å². The molecule has 6 heteroatoms. The van der Waals surface area contributed by atoms with E-state index >= 15 is 0 Å².